The summed E-state index contributed by atoms with van der Waals surface area (Å²) in [4.78, 5) is 26.6. The first-order valence-corrected chi connectivity index (χ1v) is 13.0. The van der Waals surface area contributed by atoms with Gasteiger partial charge in [-0.25, -0.2) is 4.79 Å². The van der Waals surface area contributed by atoms with Gasteiger partial charge in [0, 0.05) is 30.0 Å². The molecule has 3 aliphatic heterocycles. The van der Waals surface area contributed by atoms with Gasteiger partial charge in [0.15, 0.2) is 12.1 Å². The predicted molar refractivity (Wildman–Crippen MR) is 139 cm³/mol. The van der Waals surface area contributed by atoms with E-state index in [4.69, 9.17) is 4.74 Å². The first kappa shape index (κ1) is 26.7. The number of esters is 1. The predicted octanol–water partition coefficient (Wildman–Crippen LogP) is 5.77. The van der Waals surface area contributed by atoms with E-state index in [0.29, 0.717) is 16.6 Å². The summed E-state index contributed by atoms with van der Waals surface area (Å²) in [7, 11) is 0. The molecule has 1 N–H and O–H groups in total. The third-order valence-electron chi connectivity index (χ3n) is 7.65. The van der Waals surface area contributed by atoms with Crippen molar-refractivity contribution in [2.24, 2.45) is 5.92 Å². The van der Waals surface area contributed by atoms with E-state index in [9.17, 15) is 22.8 Å². The Bertz CT molecular complexity index is 1280. The maximum atomic E-state index is 13.5. The van der Waals surface area contributed by atoms with Crippen LogP contribution in [0.3, 0.4) is 0 Å². The summed E-state index contributed by atoms with van der Waals surface area (Å²) in [5, 5.41) is 3.30. The number of fused-ring (bicyclic) bond motifs is 3. The van der Waals surface area contributed by atoms with Crippen LogP contribution in [0.4, 0.5) is 18.9 Å². The molecule has 2 bridgehead atoms. The number of carbonyl (C=O) groups excluding carboxylic acids is 2. The SMILES string of the molecule is O=C(C[N+]12CCC(CC1)[C@@H](OC(=O)[C@H](Nc1ccccc1)c1ccccc1)C2)c1ccc(OC(F)(F)F)cc1. The zero-order valence-corrected chi connectivity index (χ0v) is 21.3. The smallest absolute Gasteiger partial charge is 0.454 e. The largest absolute Gasteiger partial charge is 0.573 e. The summed E-state index contributed by atoms with van der Waals surface area (Å²) in [5.41, 5.74) is 1.93. The summed E-state index contributed by atoms with van der Waals surface area (Å²) in [6.45, 7) is 2.32. The van der Waals surface area contributed by atoms with Crippen LogP contribution in [0, 0.1) is 5.92 Å². The third kappa shape index (κ3) is 6.60. The van der Waals surface area contributed by atoms with Gasteiger partial charge in [-0.1, -0.05) is 48.5 Å². The van der Waals surface area contributed by atoms with Gasteiger partial charge in [-0.3, -0.25) is 4.79 Å². The number of anilines is 1. The van der Waals surface area contributed by atoms with Crippen LogP contribution in [-0.2, 0) is 9.53 Å². The highest BCUT2D eigenvalue weighted by molar-refractivity contribution is 5.97. The van der Waals surface area contributed by atoms with Crippen molar-refractivity contribution in [1.82, 2.24) is 0 Å². The summed E-state index contributed by atoms with van der Waals surface area (Å²) in [6.07, 6.45) is -3.43. The molecule has 9 heteroatoms. The lowest BCUT2D eigenvalue weighted by Crippen LogP contribution is -2.65. The number of quaternary nitrogens is 1. The van der Waals surface area contributed by atoms with Crippen molar-refractivity contribution in [2.75, 3.05) is 31.5 Å². The molecule has 3 saturated heterocycles. The second-order valence-electron chi connectivity index (χ2n) is 10.3. The lowest BCUT2D eigenvalue weighted by molar-refractivity contribution is -0.938. The van der Waals surface area contributed by atoms with Crippen molar-refractivity contribution in [3.8, 4) is 5.75 Å². The van der Waals surface area contributed by atoms with Crippen molar-refractivity contribution >= 4 is 17.4 Å². The Labute approximate surface area is 224 Å². The van der Waals surface area contributed by atoms with Gasteiger partial charge in [0.05, 0.1) is 13.1 Å². The first-order chi connectivity index (χ1) is 18.7. The normalized spacial score (nSPS) is 23.1. The molecule has 3 aromatic carbocycles. The quantitative estimate of drug-likeness (QED) is 0.212. The van der Waals surface area contributed by atoms with Crippen LogP contribution < -0.4 is 10.1 Å². The van der Waals surface area contributed by atoms with Crippen molar-refractivity contribution in [3.05, 3.63) is 96.1 Å². The molecule has 3 heterocycles. The van der Waals surface area contributed by atoms with E-state index >= 15 is 0 Å². The summed E-state index contributed by atoms with van der Waals surface area (Å²) in [6, 6.07) is 23.2. The minimum Gasteiger partial charge on any atom is -0.454 e. The highest BCUT2D eigenvalue weighted by Gasteiger charge is 2.49. The van der Waals surface area contributed by atoms with Crippen LogP contribution >= 0.6 is 0 Å². The van der Waals surface area contributed by atoms with E-state index in [2.05, 4.69) is 10.1 Å². The zero-order chi connectivity index (χ0) is 27.5. The first-order valence-electron chi connectivity index (χ1n) is 13.0. The Morgan fingerprint density at radius 3 is 2.13 bits per heavy atom. The number of piperidine rings is 3. The molecule has 3 fully saturated rings. The van der Waals surface area contributed by atoms with E-state index < -0.39 is 12.4 Å². The van der Waals surface area contributed by atoms with Gasteiger partial charge in [-0.15, -0.1) is 13.2 Å². The van der Waals surface area contributed by atoms with Crippen LogP contribution in [0.15, 0.2) is 84.9 Å². The average Bonchev–Trinajstić information content (AvgIpc) is 2.92. The molecule has 6 nitrogen and oxygen atoms in total. The zero-order valence-electron chi connectivity index (χ0n) is 21.3. The molecule has 0 aliphatic carbocycles. The molecule has 0 aromatic heterocycles. The van der Waals surface area contributed by atoms with Gasteiger partial charge >= 0.3 is 12.3 Å². The Morgan fingerprint density at radius 2 is 1.51 bits per heavy atom. The van der Waals surface area contributed by atoms with E-state index in [1.807, 2.05) is 60.7 Å². The number of para-hydroxylation sites is 1. The van der Waals surface area contributed by atoms with Gasteiger partial charge in [-0.2, -0.15) is 0 Å². The molecule has 0 amide bonds. The number of alkyl halides is 3. The van der Waals surface area contributed by atoms with Crippen LogP contribution in [-0.4, -0.2) is 54.9 Å². The number of hydrogen-bond acceptors (Lipinski definition) is 5. The second kappa shape index (κ2) is 11.1. The molecule has 6 rings (SSSR count). The van der Waals surface area contributed by atoms with Gasteiger partial charge in [0.1, 0.15) is 18.8 Å². The molecule has 0 saturated carbocycles. The minimum absolute atomic E-state index is 0.160. The Balaban J connectivity index is 1.27. The highest BCUT2D eigenvalue weighted by atomic mass is 19.4. The fourth-order valence-corrected chi connectivity index (χ4v) is 5.66. The number of hydrogen-bond donors (Lipinski definition) is 1. The van der Waals surface area contributed by atoms with Gasteiger partial charge in [-0.05, 0) is 42.0 Å². The molecule has 0 spiro atoms. The van der Waals surface area contributed by atoms with Gasteiger partial charge in [0.25, 0.3) is 0 Å². The monoisotopic (exact) mass is 539 g/mol. The van der Waals surface area contributed by atoms with Gasteiger partial charge < -0.3 is 19.3 Å². The minimum atomic E-state index is -4.79. The summed E-state index contributed by atoms with van der Waals surface area (Å²) >= 11 is 0. The van der Waals surface area contributed by atoms with Crippen molar-refractivity contribution in [2.45, 2.75) is 31.3 Å². The fourth-order valence-electron chi connectivity index (χ4n) is 5.66. The lowest BCUT2D eigenvalue weighted by atomic mass is 9.82. The summed E-state index contributed by atoms with van der Waals surface area (Å²) in [5.74, 6) is -0.662. The number of benzene rings is 3. The fraction of sp³-hybridized carbons (Fsp3) is 0.333. The van der Waals surface area contributed by atoms with Gasteiger partial charge in [0.2, 0.25) is 5.78 Å². The van der Waals surface area contributed by atoms with Crippen LogP contribution in [0.5, 0.6) is 5.75 Å². The third-order valence-corrected chi connectivity index (χ3v) is 7.65. The van der Waals surface area contributed by atoms with Crippen LogP contribution in [0.1, 0.15) is 34.8 Å². The number of rotatable bonds is 9. The average molecular weight is 540 g/mol. The molecule has 3 aliphatic rings. The topological polar surface area (TPSA) is 64.6 Å². The van der Waals surface area contributed by atoms with E-state index in [1.165, 1.54) is 12.1 Å². The number of ether oxygens (including phenoxy) is 2. The number of nitrogens with zero attached hydrogens (tertiary/aromatic N) is 1. The molecule has 0 radical (unpaired) electrons. The van der Waals surface area contributed by atoms with Crippen molar-refractivity contribution in [1.29, 1.82) is 0 Å². The van der Waals surface area contributed by atoms with Crippen LogP contribution in [0.2, 0.25) is 0 Å². The van der Waals surface area contributed by atoms with E-state index in [-0.39, 0.29) is 36.1 Å². The molecule has 2 atom stereocenters. The van der Waals surface area contributed by atoms with E-state index in [0.717, 1.165) is 49.3 Å². The Kier molecular flexibility index (Phi) is 7.61. The molecular formula is C30H30F3N2O4+. The number of Topliss-reactive ketones (excluding diaryl/α,β-unsaturated/α-hetero) is 1. The summed E-state index contributed by atoms with van der Waals surface area (Å²) < 4.78 is 47.9. The standard InChI is InChI=1S/C30H30F3N2O4/c31-30(32,33)39-25-13-11-21(12-14-25)26(36)19-35-17-15-22(16-18-35)27(20-35)38-29(37)28(23-7-3-1-4-8-23)34-24-9-5-2-6-10-24/h1-14,22,27-28,34H,15-20H2/q+1/t22?,27-,28+,35?/m0/s1. The molecule has 39 heavy (non-hydrogen) atoms. The molecule has 3 aromatic rings. The Morgan fingerprint density at radius 1 is 0.897 bits per heavy atom. The maximum Gasteiger partial charge on any atom is 0.573 e. The van der Waals surface area contributed by atoms with Crippen molar-refractivity contribution in [3.63, 3.8) is 0 Å². The van der Waals surface area contributed by atoms with E-state index in [1.54, 1.807) is 0 Å². The number of ketones is 1. The maximum absolute atomic E-state index is 13.5. The van der Waals surface area contributed by atoms with Crippen molar-refractivity contribution < 1.29 is 36.7 Å². The molecular weight excluding hydrogens is 509 g/mol. The molecule has 204 valence electrons. The lowest BCUT2D eigenvalue weighted by Gasteiger charge is -2.51. The number of nitrogens with one attached hydrogen (secondary N) is 1. The number of carbonyl (C=O) groups is 2. The highest BCUT2D eigenvalue weighted by Crippen LogP contribution is 2.37. The van der Waals surface area contributed by atoms with Crippen LogP contribution in [0.25, 0.3) is 0 Å². The number of halogens is 3. The second-order valence-corrected chi connectivity index (χ2v) is 10.3. The Hall–Kier alpha value is -3.85. The molecule has 0 unspecified atom stereocenters.